The zero-order valence-corrected chi connectivity index (χ0v) is 12.4. The second-order valence-corrected chi connectivity index (χ2v) is 5.28. The molecule has 1 amide bonds. The maximum Gasteiger partial charge on any atom is 0.261 e. The molecule has 1 atom stereocenters. The lowest BCUT2D eigenvalue weighted by molar-refractivity contribution is 0.0965. The largest absolute Gasteiger partial charge is 0.326 e. The van der Waals surface area contributed by atoms with E-state index in [1.807, 2.05) is 0 Å². The van der Waals surface area contributed by atoms with Gasteiger partial charge >= 0.3 is 0 Å². The minimum absolute atomic E-state index is 0.332. The first-order chi connectivity index (χ1) is 11.7. The Bertz CT molecular complexity index is 950. The Kier molecular flexibility index (Phi) is 3.43. The summed E-state index contributed by atoms with van der Waals surface area (Å²) in [6, 6.07) is 7.57. The van der Waals surface area contributed by atoms with Crippen LogP contribution in [0.2, 0.25) is 0 Å². The molecule has 2 aromatic heterocycles. The Hall–Kier alpha value is -3.26. The third kappa shape index (κ3) is 2.48. The van der Waals surface area contributed by atoms with E-state index in [9.17, 15) is 9.18 Å². The topological polar surface area (TPSA) is 83.4 Å². The summed E-state index contributed by atoms with van der Waals surface area (Å²) in [4.78, 5) is 16.7. The molecule has 1 aromatic carbocycles. The van der Waals surface area contributed by atoms with Gasteiger partial charge in [-0.05, 0) is 23.8 Å². The summed E-state index contributed by atoms with van der Waals surface area (Å²) in [5.74, 6) is -0.666. The lowest BCUT2D eigenvalue weighted by Crippen LogP contribution is -2.30. The number of amides is 1. The number of rotatable bonds is 3. The third-order valence-electron chi connectivity index (χ3n) is 3.73. The number of benzene rings is 1. The maximum absolute atomic E-state index is 13.4. The highest BCUT2D eigenvalue weighted by atomic mass is 19.1. The van der Waals surface area contributed by atoms with E-state index in [1.165, 1.54) is 22.8 Å². The number of nitrogens with zero attached hydrogens (tertiary/aromatic N) is 3. The molecule has 0 aliphatic carbocycles. The Balaban J connectivity index is 1.59. The molecule has 4 rings (SSSR count). The highest BCUT2D eigenvalue weighted by Crippen LogP contribution is 2.23. The highest BCUT2D eigenvalue weighted by Gasteiger charge is 2.24. The van der Waals surface area contributed by atoms with Crippen LogP contribution in [-0.4, -0.2) is 20.5 Å². The van der Waals surface area contributed by atoms with Crippen LogP contribution in [0, 0.1) is 5.82 Å². The summed E-state index contributed by atoms with van der Waals surface area (Å²) in [6.07, 6.45) is 6.41. The molecule has 8 heteroatoms. The van der Waals surface area contributed by atoms with Crippen molar-refractivity contribution in [3.8, 4) is 0 Å². The van der Waals surface area contributed by atoms with E-state index in [-0.39, 0.29) is 17.8 Å². The van der Waals surface area contributed by atoms with Gasteiger partial charge in [-0.15, -0.1) is 0 Å². The molecule has 1 aliphatic heterocycles. The summed E-state index contributed by atoms with van der Waals surface area (Å²) in [7, 11) is 0. The normalized spacial score (nSPS) is 16.7. The van der Waals surface area contributed by atoms with E-state index in [0.29, 0.717) is 22.5 Å². The van der Waals surface area contributed by atoms with Crippen LogP contribution in [0.5, 0.6) is 0 Å². The van der Waals surface area contributed by atoms with Crippen LogP contribution in [0.15, 0.2) is 60.8 Å². The predicted octanol–water partition coefficient (Wildman–Crippen LogP) is 1.29. The lowest BCUT2D eigenvalue weighted by atomic mass is 10.1. The van der Waals surface area contributed by atoms with Gasteiger partial charge in [-0.1, -0.05) is 12.1 Å². The van der Waals surface area contributed by atoms with E-state index in [0.717, 1.165) is 0 Å². The number of halogens is 1. The molecule has 3 heterocycles. The van der Waals surface area contributed by atoms with Gasteiger partial charge in [-0.2, -0.15) is 5.10 Å². The molecule has 120 valence electrons. The molecule has 0 fully saturated rings. The van der Waals surface area contributed by atoms with Gasteiger partial charge in [0.1, 0.15) is 11.4 Å². The average Bonchev–Trinajstić information content (AvgIpc) is 3.21. The average molecular weight is 324 g/mol. The van der Waals surface area contributed by atoms with Crippen molar-refractivity contribution in [3.63, 3.8) is 0 Å². The molecule has 0 radical (unpaired) electrons. The molecule has 0 saturated carbocycles. The van der Waals surface area contributed by atoms with Crippen molar-refractivity contribution in [2.45, 2.75) is 6.04 Å². The molecule has 24 heavy (non-hydrogen) atoms. The van der Waals surface area contributed by atoms with E-state index >= 15 is 0 Å². The van der Waals surface area contributed by atoms with Crippen LogP contribution in [-0.2, 0) is 0 Å². The molecule has 0 spiro atoms. The van der Waals surface area contributed by atoms with Crippen molar-refractivity contribution >= 4 is 11.6 Å². The summed E-state index contributed by atoms with van der Waals surface area (Å²) < 4.78 is 15.0. The number of hydrogen-bond donors (Lipinski definition) is 3. The molecule has 1 unspecified atom stereocenters. The van der Waals surface area contributed by atoms with Crippen molar-refractivity contribution in [2.24, 2.45) is 0 Å². The fourth-order valence-corrected chi connectivity index (χ4v) is 2.61. The van der Waals surface area contributed by atoms with E-state index < -0.39 is 0 Å². The first kappa shape index (κ1) is 14.3. The smallest absolute Gasteiger partial charge is 0.261 e. The fourth-order valence-electron chi connectivity index (χ4n) is 2.61. The summed E-state index contributed by atoms with van der Waals surface area (Å²) in [5.41, 5.74) is 7.93. The number of aromatic nitrogens is 3. The maximum atomic E-state index is 13.4. The molecule has 1 aliphatic rings. The summed E-state index contributed by atoms with van der Waals surface area (Å²) in [5, 5.41) is 6.92. The van der Waals surface area contributed by atoms with Crippen molar-refractivity contribution in [1.29, 1.82) is 0 Å². The van der Waals surface area contributed by atoms with Crippen molar-refractivity contribution in [1.82, 2.24) is 30.8 Å². The first-order valence-electron chi connectivity index (χ1n) is 7.29. The van der Waals surface area contributed by atoms with Gasteiger partial charge < -0.3 is 10.7 Å². The van der Waals surface area contributed by atoms with Crippen LogP contribution >= 0.6 is 0 Å². The van der Waals surface area contributed by atoms with Crippen LogP contribution in [0.1, 0.15) is 22.0 Å². The summed E-state index contributed by atoms with van der Waals surface area (Å²) >= 11 is 0. The number of fused-ring (bicyclic) bond motifs is 1. The van der Waals surface area contributed by atoms with Crippen LogP contribution < -0.4 is 16.2 Å². The third-order valence-corrected chi connectivity index (χ3v) is 3.73. The number of carbonyl (C=O) groups excluding carboxylic acids is 1. The minimum Gasteiger partial charge on any atom is -0.326 e. The Labute approximate surface area is 136 Å². The van der Waals surface area contributed by atoms with Crippen molar-refractivity contribution in [2.75, 3.05) is 0 Å². The Morgan fingerprint density at radius 3 is 3.12 bits per heavy atom. The van der Waals surface area contributed by atoms with Gasteiger partial charge in [-0.3, -0.25) is 4.79 Å². The fraction of sp³-hybridized carbons (Fsp3) is 0.0625. The number of hydrazine groups is 1. The van der Waals surface area contributed by atoms with E-state index in [1.54, 1.807) is 36.8 Å². The quantitative estimate of drug-likeness (QED) is 0.676. The molecule has 0 bridgehead atoms. The number of carbonyl (C=O) groups is 1. The van der Waals surface area contributed by atoms with Crippen LogP contribution in [0.4, 0.5) is 4.39 Å². The standard InChI is InChI=1S/C16H13FN6O/c17-11-4-1-3-10(7-11)14-13(9-19-22-14)21-16(24)12-8-20-23-6-2-5-18-15(12)23/h1-9,14,19,22H,(H,21,24). The van der Waals surface area contributed by atoms with Gasteiger partial charge in [0.05, 0.1) is 17.9 Å². The van der Waals surface area contributed by atoms with Gasteiger partial charge in [0.2, 0.25) is 0 Å². The van der Waals surface area contributed by atoms with Crippen LogP contribution in [0.3, 0.4) is 0 Å². The molecule has 3 N–H and O–H groups in total. The van der Waals surface area contributed by atoms with Gasteiger partial charge in [0.25, 0.3) is 5.91 Å². The molecular weight excluding hydrogens is 311 g/mol. The van der Waals surface area contributed by atoms with Gasteiger partial charge in [0.15, 0.2) is 5.65 Å². The molecule has 7 nitrogen and oxygen atoms in total. The Morgan fingerprint density at radius 2 is 2.25 bits per heavy atom. The molecule has 3 aromatic rings. The zero-order valence-electron chi connectivity index (χ0n) is 12.4. The SMILES string of the molecule is O=C(NC1=CNNC1c1cccc(F)c1)c1cnn2cccnc12. The molecule has 0 saturated heterocycles. The number of hydrogen-bond acceptors (Lipinski definition) is 5. The first-order valence-corrected chi connectivity index (χ1v) is 7.29. The highest BCUT2D eigenvalue weighted by molar-refractivity contribution is 6.00. The number of nitrogens with one attached hydrogen (secondary N) is 3. The van der Waals surface area contributed by atoms with Crippen molar-refractivity contribution in [3.05, 3.63) is 77.8 Å². The van der Waals surface area contributed by atoms with Gasteiger partial charge in [-0.25, -0.2) is 19.3 Å². The van der Waals surface area contributed by atoms with Gasteiger partial charge in [0, 0.05) is 18.6 Å². The second kappa shape index (κ2) is 5.74. The minimum atomic E-state index is -0.362. The van der Waals surface area contributed by atoms with E-state index in [2.05, 4.69) is 26.3 Å². The van der Waals surface area contributed by atoms with E-state index in [4.69, 9.17) is 0 Å². The zero-order chi connectivity index (χ0) is 16.5. The summed E-state index contributed by atoms with van der Waals surface area (Å²) in [6.45, 7) is 0. The molecular formula is C16H13FN6O. The monoisotopic (exact) mass is 324 g/mol. The second-order valence-electron chi connectivity index (χ2n) is 5.28. The van der Waals surface area contributed by atoms with Crippen LogP contribution in [0.25, 0.3) is 5.65 Å². The predicted molar refractivity (Wildman–Crippen MR) is 83.9 cm³/mol. The Morgan fingerprint density at radius 1 is 1.33 bits per heavy atom. The lowest BCUT2D eigenvalue weighted by Gasteiger charge is -2.15. The van der Waals surface area contributed by atoms with Crippen molar-refractivity contribution < 1.29 is 9.18 Å².